The Morgan fingerprint density at radius 2 is 2.00 bits per heavy atom. The number of benzene rings is 1. The summed E-state index contributed by atoms with van der Waals surface area (Å²) in [6, 6.07) is 8.56. The van der Waals surface area contributed by atoms with Crippen molar-refractivity contribution in [1.82, 2.24) is 9.80 Å². The quantitative estimate of drug-likeness (QED) is 0.905. The van der Waals surface area contributed by atoms with Crippen molar-refractivity contribution < 1.29 is 9.90 Å². The van der Waals surface area contributed by atoms with Crippen molar-refractivity contribution in [3.63, 3.8) is 0 Å². The Morgan fingerprint density at radius 1 is 1.21 bits per heavy atom. The summed E-state index contributed by atoms with van der Waals surface area (Å²) in [4.78, 5) is 19.1. The molecule has 1 atom stereocenters. The van der Waals surface area contributed by atoms with Crippen molar-refractivity contribution in [1.29, 1.82) is 0 Å². The van der Waals surface area contributed by atoms with Crippen molar-refractivity contribution in [2.75, 3.05) is 57.3 Å². The van der Waals surface area contributed by atoms with Crippen LogP contribution in [0.2, 0.25) is 0 Å². The van der Waals surface area contributed by atoms with E-state index in [1.165, 1.54) is 11.3 Å². The maximum absolute atomic E-state index is 12.6. The van der Waals surface area contributed by atoms with Gasteiger partial charge in [-0.15, -0.1) is 0 Å². The number of piperidine rings is 1. The topological polar surface area (TPSA) is 47.0 Å². The average molecular weight is 331 g/mol. The van der Waals surface area contributed by atoms with E-state index < -0.39 is 0 Å². The lowest BCUT2D eigenvalue weighted by Crippen LogP contribution is -2.52. The fraction of sp³-hybridized carbons (Fsp3) is 0.632. The summed E-state index contributed by atoms with van der Waals surface area (Å²) in [5.74, 6) is 0.571. The van der Waals surface area contributed by atoms with Crippen LogP contribution in [-0.2, 0) is 4.79 Å². The van der Waals surface area contributed by atoms with Crippen molar-refractivity contribution in [2.24, 2.45) is 5.92 Å². The molecule has 0 radical (unpaired) electrons. The SMILES string of the molecule is Cc1cccc(N2CCN(C(=O)CN3CCCC(CO)C3)CC2)c1. The van der Waals surface area contributed by atoms with Gasteiger partial charge in [-0.3, -0.25) is 9.69 Å². The minimum atomic E-state index is 0.234. The van der Waals surface area contributed by atoms with Crippen LogP contribution in [0.3, 0.4) is 0 Å². The maximum atomic E-state index is 12.6. The molecule has 1 unspecified atom stereocenters. The molecule has 1 aromatic carbocycles. The highest BCUT2D eigenvalue weighted by Crippen LogP contribution is 2.19. The predicted molar refractivity (Wildman–Crippen MR) is 96.2 cm³/mol. The van der Waals surface area contributed by atoms with Crippen molar-refractivity contribution in [3.05, 3.63) is 29.8 Å². The van der Waals surface area contributed by atoms with Gasteiger partial charge in [0.25, 0.3) is 0 Å². The Balaban J connectivity index is 1.48. The van der Waals surface area contributed by atoms with Gasteiger partial charge in [-0.2, -0.15) is 0 Å². The van der Waals surface area contributed by atoms with Crippen LogP contribution in [0.4, 0.5) is 5.69 Å². The van der Waals surface area contributed by atoms with Gasteiger partial charge in [0, 0.05) is 45.0 Å². The third-order valence-corrected chi connectivity index (χ3v) is 5.22. The molecular formula is C19H29N3O2. The Labute approximate surface area is 144 Å². The third-order valence-electron chi connectivity index (χ3n) is 5.22. The predicted octanol–water partition coefficient (Wildman–Crippen LogP) is 1.35. The highest BCUT2D eigenvalue weighted by atomic mass is 16.3. The first-order valence-corrected chi connectivity index (χ1v) is 9.08. The number of amides is 1. The van der Waals surface area contributed by atoms with Crippen LogP contribution in [0.25, 0.3) is 0 Å². The number of aliphatic hydroxyl groups excluding tert-OH is 1. The first-order chi connectivity index (χ1) is 11.7. The lowest BCUT2D eigenvalue weighted by atomic mass is 9.99. The van der Waals surface area contributed by atoms with E-state index in [1.807, 2.05) is 4.90 Å². The summed E-state index contributed by atoms with van der Waals surface area (Å²) in [7, 11) is 0. The summed E-state index contributed by atoms with van der Waals surface area (Å²) < 4.78 is 0. The van der Waals surface area contributed by atoms with Gasteiger partial charge in [-0.1, -0.05) is 12.1 Å². The zero-order valence-electron chi connectivity index (χ0n) is 14.7. The Bertz CT molecular complexity index is 555. The summed E-state index contributed by atoms with van der Waals surface area (Å²) in [6.07, 6.45) is 2.16. The smallest absolute Gasteiger partial charge is 0.236 e. The number of carbonyl (C=O) groups excluding carboxylic acids is 1. The van der Waals surface area contributed by atoms with E-state index in [-0.39, 0.29) is 12.5 Å². The number of anilines is 1. The molecule has 2 fully saturated rings. The summed E-state index contributed by atoms with van der Waals surface area (Å²) in [5, 5.41) is 9.32. The molecule has 0 aromatic heterocycles. The minimum absolute atomic E-state index is 0.234. The van der Waals surface area contributed by atoms with Crippen LogP contribution in [0.5, 0.6) is 0 Å². The van der Waals surface area contributed by atoms with Crippen LogP contribution >= 0.6 is 0 Å². The molecule has 5 heteroatoms. The fourth-order valence-corrected chi connectivity index (χ4v) is 3.77. The molecule has 132 valence electrons. The second kappa shape index (κ2) is 7.99. The second-order valence-corrected chi connectivity index (χ2v) is 7.13. The number of likely N-dealkylation sites (tertiary alicyclic amines) is 1. The number of hydrogen-bond acceptors (Lipinski definition) is 4. The first kappa shape index (κ1) is 17.2. The highest BCUT2D eigenvalue weighted by Gasteiger charge is 2.25. The van der Waals surface area contributed by atoms with E-state index in [9.17, 15) is 9.90 Å². The molecule has 2 saturated heterocycles. The standard InChI is InChI=1S/C19H29N3O2/c1-16-4-2-6-18(12-16)21-8-10-22(11-9-21)19(24)14-20-7-3-5-17(13-20)15-23/h2,4,6,12,17,23H,3,5,7-11,13-15H2,1H3. The van der Waals surface area contributed by atoms with Gasteiger partial charge in [0.05, 0.1) is 6.54 Å². The van der Waals surface area contributed by atoms with Gasteiger partial charge in [0.15, 0.2) is 0 Å². The highest BCUT2D eigenvalue weighted by molar-refractivity contribution is 5.78. The molecule has 0 bridgehead atoms. The fourth-order valence-electron chi connectivity index (χ4n) is 3.77. The van der Waals surface area contributed by atoms with E-state index in [1.54, 1.807) is 0 Å². The lowest BCUT2D eigenvalue weighted by Gasteiger charge is -2.38. The molecule has 0 aliphatic carbocycles. The van der Waals surface area contributed by atoms with Gasteiger partial charge in [0.2, 0.25) is 5.91 Å². The lowest BCUT2D eigenvalue weighted by molar-refractivity contribution is -0.133. The summed E-state index contributed by atoms with van der Waals surface area (Å²) in [5.41, 5.74) is 2.53. The number of nitrogens with zero attached hydrogens (tertiary/aromatic N) is 3. The number of rotatable bonds is 4. The van der Waals surface area contributed by atoms with E-state index in [4.69, 9.17) is 0 Å². The average Bonchev–Trinajstić information content (AvgIpc) is 2.62. The molecule has 1 aromatic rings. The molecule has 1 N–H and O–H groups in total. The number of aryl methyl sites for hydroxylation is 1. The van der Waals surface area contributed by atoms with E-state index >= 15 is 0 Å². The number of carbonyl (C=O) groups is 1. The van der Waals surface area contributed by atoms with Crippen LogP contribution in [0, 0.1) is 12.8 Å². The van der Waals surface area contributed by atoms with E-state index in [0.717, 1.165) is 52.1 Å². The summed E-state index contributed by atoms with van der Waals surface area (Å²) >= 11 is 0. The van der Waals surface area contributed by atoms with Crippen LogP contribution < -0.4 is 4.90 Å². The second-order valence-electron chi connectivity index (χ2n) is 7.13. The van der Waals surface area contributed by atoms with Crippen molar-refractivity contribution in [3.8, 4) is 0 Å². The van der Waals surface area contributed by atoms with Gasteiger partial charge >= 0.3 is 0 Å². The normalized spacial score (nSPS) is 22.7. The summed E-state index contributed by atoms with van der Waals surface area (Å²) in [6.45, 7) is 8.07. The molecule has 0 spiro atoms. The maximum Gasteiger partial charge on any atom is 0.236 e. The first-order valence-electron chi connectivity index (χ1n) is 9.08. The zero-order valence-corrected chi connectivity index (χ0v) is 14.7. The van der Waals surface area contributed by atoms with Gasteiger partial charge in [-0.05, 0) is 49.9 Å². The van der Waals surface area contributed by atoms with Crippen LogP contribution in [0.1, 0.15) is 18.4 Å². The van der Waals surface area contributed by atoms with Crippen molar-refractivity contribution >= 4 is 11.6 Å². The molecule has 1 amide bonds. The number of piperazine rings is 1. The monoisotopic (exact) mass is 331 g/mol. The number of hydrogen-bond donors (Lipinski definition) is 1. The van der Waals surface area contributed by atoms with Gasteiger partial charge in [0.1, 0.15) is 0 Å². The van der Waals surface area contributed by atoms with Crippen LogP contribution in [-0.4, -0.2) is 73.2 Å². The Kier molecular flexibility index (Phi) is 5.74. The largest absolute Gasteiger partial charge is 0.396 e. The number of aliphatic hydroxyl groups is 1. The molecule has 0 saturated carbocycles. The minimum Gasteiger partial charge on any atom is -0.396 e. The molecule has 2 heterocycles. The Hall–Kier alpha value is -1.59. The molecule has 2 aliphatic heterocycles. The van der Waals surface area contributed by atoms with Gasteiger partial charge < -0.3 is 14.9 Å². The molecule has 24 heavy (non-hydrogen) atoms. The molecule has 5 nitrogen and oxygen atoms in total. The molecule has 2 aliphatic rings. The molecule has 3 rings (SSSR count). The van der Waals surface area contributed by atoms with E-state index in [2.05, 4.69) is 41.0 Å². The van der Waals surface area contributed by atoms with Crippen molar-refractivity contribution in [2.45, 2.75) is 19.8 Å². The van der Waals surface area contributed by atoms with Crippen LogP contribution in [0.15, 0.2) is 24.3 Å². The Morgan fingerprint density at radius 3 is 2.71 bits per heavy atom. The third kappa shape index (κ3) is 4.28. The molecular weight excluding hydrogens is 302 g/mol. The zero-order chi connectivity index (χ0) is 16.9. The van der Waals surface area contributed by atoms with E-state index in [0.29, 0.717) is 12.5 Å². The van der Waals surface area contributed by atoms with Gasteiger partial charge in [-0.25, -0.2) is 0 Å².